The minimum Gasteiger partial charge on any atom is -0.393 e. The summed E-state index contributed by atoms with van der Waals surface area (Å²) in [4.78, 5) is 10.2. The molecule has 0 aliphatic heterocycles. The Kier molecular flexibility index (Phi) is 5.03. The van der Waals surface area contributed by atoms with E-state index in [1.807, 2.05) is 0 Å². The zero-order valence-corrected chi connectivity index (χ0v) is 10.4. The Morgan fingerprint density at radius 1 is 1.56 bits per heavy atom. The zero-order valence-electron chi connectivity index (χ0n) is 10.4. The van der Waals surface area contributed by atoms with Crippen LogP contribution in [0.4, 0.5) is 15.8 Å². The first-order chi connectivity index (χ1) is 8.41. The normalized spacial score (nSPS) is 12.2. The lowest BCUT2D eigenvalue weighted by atomic mass is 10.1. The van der Waals surface area contributed by atoms with E-state index in [2.05, 4.69) is 5.32 Å². The minimum atomic E-state index is -0.612. The fourth-order valence-electron chi connectivity index (χ4n) is 1.58. The maximum Gasteiger partial charge on any atom is 0.295 e. The van der Waals surface area contributed by atoms with Gasteiger partial charge >= 0.3 is 0 Å². The standard InChI is InChI=1S/C12H17FN2O3/c1-8-6-11(14-5-3-4-9(2)16)12(15(17)18)7-10(8)13/h6-7,9,14,16H,3-5H2,1-2H3. The SMILES string of the molecule is Cc1cc(NCCCC(C)O)c([N+](=O)[O-])cc1F. The predicted molar refractivity (Wildman–Crippen MR) is 67.2 cm³/mol. The maximum atomic E-state index is 13.2. The van der Waals surface area contributed by atoms with Gasteiger partial charge in [0.25, 0.3) is 5.69 Å². The number of anilines is 1. The number of benzene rings is 1. The molecule has 2 N–H and O–H groups in total. The minimum absolute atomic E-state index is 0.268. The molecule has 0 aromatic heterocycles. The van der Waals surface area contributed by atoms with E-state index in [1.54, 1.807) is 13.8 Å². The quantitative estimate of drug-likeness (QED) is 0.466. The summed E-state index contributed by atoms with van der Waals surface area (Å²) in [7, 11) is 0. The summed E-state index contributed by atoms with van der Waals surface area (Å²) in [5, 5.41) is 22.8. The van der Waals surface area contributed by atoms with Crippen LogP contribution < -0.4 is 5.32 Å². The van der Waals surface area contributed by atoms with Gasteiger partial charge < -0.3 is 10.4 Å². The van der Waals surface area contributed by atoms with E-state index in [0.29, 0.717) is 30.6 Å². The van der Waals surface area contributed by atoms with Crippen molar-refractivity contribution in [2.45, 2.75) is 32.8 Å². The third kappa shape index (κ3) is 3.96. The molecule has 0 fully saturated rings. The third-order valence-electron chi connectivity index (χ3n) is 2.59. The van der Waals surface area contributed by atoms with E-state index >= 15 is 0 Å². The van der Waals surface area contributed by atoms with E-state index in [9.17, 15) is 14.5 Å². The fourth-order valence-corrected chi connectivity index (χ4v) is 1.58. The second-order valence-electron chi connectivity index (χ2n) is 4.29. The molecule has 100 valence electrons. The molecular weight excluding hydrogens is 239 g/mol. The Morgan fingerprint density at radius 3 is 2.78 bits per heavy atom. The van der Waals surface area contributed by atoms with Crippen molar-refractivity contribution >= 4 is 11.4 Å². The van der Waals surface area contributed by atoms with Crippen LogP contribution in [0.2, 0.25) is 0 Å². The van der Waals surface area contributed by atoms with Gasteiger partial charge in [-0.15, -0.1) is 0 Å². The molecule has 0 bridgehead atoms. The van der Waals surface area contributed by atoms with Gasteiger partial charge in [-0.05, 0) is 38.3 Å². The molecule has 0 saturated heterocycles. The lowest BCUT2D eigenvalue weighted by Crippen LogP contribution is -2.08. The first-order valence-corrected chi connectivity index (χ1v) is 5.78. The summed E-state index contributed by atoms with van der Waals surface area (Å²) >= 11 is 0. The fraction of sp³-hybridized carbons (Fsp3) is 0.500. The number of halogens is 1. The van der Waals surface area contributed by atoms with E-state index in [4.69, 9.17) is 5.11 Å². The summed E-state index contributed by atoms with van der Waals surface area (Å²) in [6.45, 7) is 3.74. The molecule has 0 aliphatic rings. The van der Waals surface area contributed by atoms with Crippen molar-refractivity contribution in [2.24, 2.45) is 0 Å². The summed E-state index contributed by atoms with van der Waals surface area (Å²) in [5.41, 5.74) is 0.401. The van der Waals surface area contributed by atoms with Crippen molar-refractivity contribution in [2.75, 3.05) is 11.9 Å². The van der Waals surface area contributed by atoms with Crippen molar-refractivity contribution in [1.82, 2.24) is 0 Å². The van der Waals surface area contributed by atoms with Crippen molar-refractivity contribution in [1.29, 1.82) is 0 Å². The Morgan fingerprint density at radius 2 is 2.22 bits per heavy atom. The molecule has 0 aliphatic carbocycles. The summed E-state index contributed by atoms with van der Waals surface area (Å²) < 4.78 is 13.2. The van der Waals surface area contributed by atoms with Gasteiger partial charge in [-0.3, -0.25) is 10.1 Å². The number of rotatable bonds is 6. The Bertz CT molecular complexity index is 436. The highest BCUT2D eigenvalue weighted by molar-refractivity contribution is 5.63. The van der Waals surface area contributed by atoms with Crippen LogP contribution in [0.5, 0.6) is 0 Å². The van der Waals surface area contributed by atoms with Gasteiger partial charge in [-0.1, -0.05) is 0 Å². The van der Waals surface area contributed by atoms with Crippen LogP contribution in [0.15, 0.2) is 12.1 Å². The van der Waals surface area contributed by atoms with Gasteiger partial charge in [-0.25, -0.2) is 4.39 Å². The first kappa shape index (κ1) is 14.4. The van der Waals surface area contributed by atoms with E-state index in [0.717, 1.165) is 6.07 Å². The number of aryl methyl sites for hydroxylation is 1. The van der Waals surface area contributed by atoms with Gasteiger partial charge in [0, 0.05) is 6.54 Å². The van der Waals surface area contributed by atoms with Gasteiger partial charge in [0.2, 0.25) is 0 Å². The number of nitrogens with one attached hydrogen (secondary N) is 1. The van der Waals surface area contributed by atoms with Crippen LogP contribution in [0.1, 0.15) is 25.3 Å². The Labute approximate surface area is 105 Å². The number of hydrogen-bond acceptors (Lipinski definition) is 4. The Hall–Kier alpha value is -1.69. The molecule has 1 aromatic rings. The average Bonchev–Trinajstić information content (AvgIpc) is 2.28. The van der Waals surface area contributed by atoms with Crippen LogP contribution in [0, 0.1) is 22.9 Å². The number of nitro groups is 1. The predicted octanol–water partition coefficient (Wildman–Crippen LogP) is 2.62. The van der Waals surface area contributed by atoms with Gasteiger partial charge in [0.1, 0.15) is 11.5 Å². The smallest absolute Gasteiger partial charge is 0.295 e. The van der Waals surface area contributed by atoms with E-state index in [1.165, 1.54) is 6.07 Å². The molecule has 0 heterocycles. The Balaban J connectivity index is 2.74. The molecule has 6 heteroatoms. The van der Waals surface area contributed by atoms with Gasteiger partial charge in [0.05, 0.1) is 17.1 Å². The molecule has 1 rings (SSSR count). The highest BCUT2D eigenvalue weighted by Gasteiger charge is 2.16. The van der Waals surface area contributed by atoms with Gasteiger partial charge in [0.15, 0.2) is 0 Å². The number of aliphatic hydroxyl groups excluding tert-OH is 1. The van der Waals surface area contributed by atoms with Crippen LogP contribution in [0.3, 0.4) is 0 Å². The van der Waals surface area contributed by atoms with Crippen LogP contribution in [0.25, 0.3) is 0 Å². The topological polar surface area (TPSA) is 75.4 Å². The molecule has 0 amide bonds. The first-order valence-electron chi connectivity index (χ1n) is 5.78. The lowest BCUT2D eigenvalue weighted by molar-refractivity contribution is -0.384. The van der Waals surface area contributed by atoms with Crippen LogP contribution in [-0.2, 0) is 0 Å². The summed E-state index contributed by atoms with van der Waals surface area (Å²) in [6, 6.07) is 2.35. The van der Waals surface area contributed by atoms with E-state index < -0.39 is 16.8 Å². The second kappa shape index (κ2) is 6.30. The molecule has 1 atom stereocenters. The van der Waals surface area contributed by atoms with Crippen LogP contribution in [-0.4, -0.2) is 22.7 Å². The second-order valence-corrected chi connectivity index (χ2v) is 4.29. The van der Waals surface area contributed by atoms with Crippen molar-refractivity contribution in [3.8, 4) is 0 Å². The van der Waals surface area contributed by atoms with Gasteiger partial charge in [-0.2, -0.15) is 0 Å². The molecule has 1 aromatic carbocycles. The van der Waals surface area contributed by atoms with Crippen LogP contribution >= 0.6 is 0 Å². The average molecular weight is 256 g/mol. The highest BCUT2D eigenvalue weighted by atomic mass is 19.1. The molecule has 18 heavy (non-hydrogen) atoms. The molecule has 5 nitrogen and oxygen atoms in total. The summed E-state index contributed by atoms with van der Waals surface area (Å²) in [6.07, 6.45) is 0.906. The maximum absolute atomic E-state index is 13.2. The number of nitrogens with zero attached hydrogens (tertiary/aromatic N) is 1. The summed E-state index contributed by atoms with van der Waals surface area (Å²) in [5.74, 6) is -0.587. The van der Waals surface area contributed by atoms with E-state index in [-0.39, 0.29) is 5.69 Å². The van der Waals surface area contributed by atoms with Crippen molar-refractivity contribution < 1.29 is 14.4 Å². The lowest BCUT2D eigenvalue weighted by Gasteiger charge is -2.09. The number of hydrogen-bond donors (Lipinski definition) is 2. The molecule has 1 unspecified atom stereocenters. The molecule has 0 spiro atoms. The molecule has 0 saturated carbocycles. The highest BCUT2D eigenvalue weighted by Crippen LogP contribution is 2.27. The van der Waals surface area contributed by atoms with Crippen molar-refractivity contribution in [3.63, 3.8) is 0 Å². The largest absolute Gasteiger partial charge is 0.393 e. The zero-order chi connectivity index (χ0) is 13.7. The monoisotopic (exact) mass is 256 g/mol. The molecule has 0 radical (unpaired) electrons. The number of nitro benzene ring substituents is 1. The number of aliphatic hydroxyl groups is 1. The van der Waals surface area contributed by atoms with Crippen molar-refractivity contribution in [3.05, 3.63) is 33.6 Å². The third-order valence-corrected chi connectivity index (χ3v) is 2.59. The molecular formula is C12H17FN2O3.